The molecule has 0 bridgehead atoms. The van der Waals surface area contributed by atoms with Crippen LogP contribution in [0.2, 0.25) is 0 Å². The predicted octanol–water partition coefficient (Wildman–Crippen LogP) is 6.38. The third kappa shape index (κ3) is 3.91. The van der Waals surface area contributed by atoms with Crippen molar-refractivity contribution in [1.29, 1.82) is 0 Å². The van der Waals surface area contributed by atoms with Crippen LogP contribution in [0.25, 0.3) is 44.4 Å². The molecule has 2 saturated heterocycles. The van der Waals surface area contributed by atoms with Crippen molar-refractivity contribution in [2.24, 2.45) is 11.8 Å². The maximum Gasteiger partial charge on any atom is 0.212 e. The average Bonchev–Trinajstić information content (AvgIpc) is 3.68. The van der Waals surface area contributed by atoms with E-state index in [0.29, 0.717) is 17.9 Å². The highest BCUT2D eigenvalue weighted by molar-refractivity contribution is 5.84. The third-order valence-corrected chi connectivity index (χ3v) is 7.79. The largest absolute Gasteiger partial charge is 0.439 e. The Morgan fingerprint density at radius 3 is 1.97 bits per heavy atom. The Hall–Kier alpha value is -3.48. The first kappa shape index (κ1) is 21.8. The van der Waals surface area contributed by atoms with Gasteiger partial charge >= 0.3 is 0 Å². The van der Waals surface area contributed by atoms with E-state index in [1.807, 2.05) is 0 Å². The average molecular weight is 478 g/mol. The van der Waals surface area contributed by atoms with Crippen molar-refractivity contribution in [3.63, 3.8) is 0 Å². The summed E-state index contributed by atoms with van der Waals surface area (Å²) in [6, 6.07) is 22.1. The van der Waals surface area contributed by atoms with Crippen molar-refractivity contribution in [3.05, 3.63) is 72.4 Å². The first-order valence-corrected chi connectivity index (χ1v) is 13.1. The molecule has 3 aromatic carbocycles. The number of nitrogens with zero attached hydrogens (tertiary/aromatic N) is 2. The zero-order chi connectivity index (χ0) is 24.2. The number of rotatable bonds is 4. The van der Waals surface area contributed by atoms with E-state index in [4.69, 9.17) is 14.4 Å². The first-order valence-electron chi connectivity index (χ1n) is 13.1. The Bertz CT molecular complexity index is 1430. The Kier molecular flexibility index (Phi) is 5.19. The van der Waals surface area contributed by atoms with Crippen LogP contribution in [0.3, 0.4) is 0 Å². The fourth-order valence-corrected chi connectivity index (χ4v) is 5.72. The molecular formula is C30H31N5O. The number of aromatic nitrogens is 3. The van der Waals surface area contributed by atoms with Gasteiger partial charge in [-0.3, -0.25) is 0 Å². The fourth-order valence-electron chi connectivity index (χ4n) is 5.72. The molecular weight excluding hydrogens is 446 g/mol. The summed E-state index contributed by atoms with van der Waals surface area (Å²) in [4.78, 5) is 13.1. The van der Waals surface area contributed by atoms with Gasteiger partial charge in [0.15, 0.2) is 5.58 Å². The van der Waals surface area contributed by atoms with Crippen molar-refractivity contribution >= 4 is 22.1 Å². The molecule has 0 radical (unpaired) electrons. The number of oxazole rings is 1. The number of fused-ring (bicyclic) bond motifs is 2. The highest BCUT2D eigenvalue weighted by atomic mass is 16.3. The lowest BCUT2D eigenvalue weighted by molar-refractivity contribution is 0.446. The second kappa shape index (κ2) is 8.57. The fraction of sp³-hybridized carbons (Fsp3) is 0.333. The molecule has 36 heavy (non-hydrogen) atoms. The van der Waals surface area contributed by atoms with Gasteiger partial charge in [-0.05, 0) is 84.3 Å². The lowest BCUT2D eigenvalue weighted by Gasteiger charge is -2.06. The second-order valence-corrected chi connectivity index (χ2v) is 10.8. The molecule has 4 atom stereocenters. The van der Waals surface area contributed by atoms with E-state index in [-0.39, 0.29) is 6.04 Å². The smallest absolute Gasteiger partial charge is 0.212 e. The van der Waals surface area contributed by atoms with Gasteiger partial charge in [0.2, 0.25) is 5.89 Å². The Balaban J connectivity index is 1.13. The van der Waals surface area contributed by atoms with Gasteiger partial charge in [-0.1, -0.05) is 50.2 Å². The summed E-state index contributed by atoms with van der Waals surface area (Å²) in [5.74, 6) is 3.20. The second-order valence-electron chi connectivity index (χ2n) is 10.8. The molecule has 0 amide bonds. The Morgan fingerprint density at radius 1 is 0.694 bits per heavy atom. The van der Waals surface area contributed by atoms with E-state index in [2.05, 4.69) is 90.1 Å². The van der Waals surface area contributed by atoms with Crippen molar-refractivity contribution in [3.8, 4) is 22.3 Å². The van der Waals surface area contributed by atoms with Crippen molar-refractivity contribution in [2.45, 2.75) is 38.8 Å². The van der Waals surface area contributed by atoms with Crippen LogP contribution < -0.4 is 10.6 Å². The molecule has 2 aliphatic rings. The molecule has 6 heteroatoms. The molecule has 0 saturated carbocycles. The number of hydrogen-bond acceptors (Lipinski definition) is 5. The minimum atomic E-state index is 0.219. The highest BCUT2D eigenvalue weighted by Crippen LogP contribution is 2.33. The van der Waals surface area contributed by atoms with Gasteiger partial charge < -0.3 is 20.0 Å². The molecule has 2 aromatic heterocycles. The van der Waals surface area contributed by atoms with E-state index in [9.17, 15) is 0 Å². The van der Waals surface area contributed by atoms with Crippen molar-refractivity contribution in [2.75, 3.05) is 13.1 Å². The molecule has 3 N–H and O–H groups in total. The Labute approximate surface area is 210 Å². The topological polar surface area (TPSA) is 78.8 Å². The van der Waals surface area contributed by atoms with E-state index >= 15 is 0 Å². The number of aromatic amines is 1. The minimum Gasteiger partial charge on any atom is -0.439 e. The number of imidazole rings is 1. The van der Waals surface area contributed by atoms with Gasteiger partial charge in [-0.15, -0.1) is 0 Å². The van der Waals surface area contributed by atoms with Gasteiger partial charge in [-0.25, -0.2) is 9.97 Å². The van der Waals surface area contributed by atoms with Gasteiger partial charge in [0.05, 0.1) is 23.1 Å². The molecule has 182 valence electrons. The monoisotopic (exact) mass is 477 g/mol. The molecule has 2 fully saturated rings. The number of H-pyrrole nitrogens is 1. The molecule has 0 spiro atoms. The SMILES string of the molecule is CC1CNC(c2nc3ccc(-c4ccc(-c5ccc6nc(C7CC(C)CN7)oc6c5)cc4)cc3[nH]2)C1. The van der Waals surface area contributed by atoms with Crippen LogP contribution in [0.4, 0.5) is 0 Å². The zero-order valence-electron chi connectivity index (χ0n) is 20.7. The zero-order valence-corrected chi connectivity index (χ0v) is 20.7. The standard InChI is InChI=1S/C30H31N5O/c1-17-11-26(31-15-17)29-33-23-9-7-21(13-25(23)34-29)19-3-5-20(6-4-19)22-8-10-24-28(14-22)36-30(35-24)27-12-18(2)16-32-27/h3-10,13-14,17-18,26-27,31-32H,11-12,15-16H2,1-2H3,(H,33,34). The Morgan fingerprint density at radius 2 is 1.31 bits per heavy atom. The van der Waals surface area contributed by atoms with Crippen LogP contribution in [0.5, 0.6) is 0 Å². The lowest BCUT2D eigenvalue weighted by atomic mass is 10.00. The predicted molar refractivity (Wildman–Crippen MR) is 144 cm³/mol. The maximum absolute atomic E-state index is 6.15. The van der Waals surface area contributed by atoms with Gasteiger partial charge in [-0.2, -0.15) is 0 Å². The van der Waals surface area contributed by atoms with Gasteiger partial charge in [0.1, 0.15) is 11.3 Å². The first-order chi connectivity index (χ1) is 17.6. The normalized spacial score (nSPS) is 24.3. The van der Waals surface area contributed by atoms with Crippen LogP contribution in [0, 0.1) is 11.8 Å². The van der Waals surface area contributed by atoms with E-state index in [1.165, 1.54) is 11.1 Å². The van der Waals surface area contributed by atoms with Gasteiger partial charge in [0, 0.05) is 0 Å². The van der Waals surface area contributed by atoms with Crippen LogP contribution in [0.15, 0.2) is 65.1 Å². The molecule has 5 aromatic rings. The molecule has 4 unspecified atom stereocenters. The minimum absolute atomic E-state index is 0.219. The molecule has 6 nitrogen and oxygen atoms in total. The van der Waals surface area contributed by atoms with Gasteiger partial charge in [0.25, 0.3) is 0 Å². The van der Waals surface area contributed by atoms with Crippen LogP contribution in [0.1, 0.15) is 50.5 Å². The quantitative estimate of drug-likeness (QED) is 0.280. The van der Waals surface area contributed by atoms with E-state index in [1.54, 1.807) is 0 Å². The van der Waals surface area contributed by atoms with Crippen LogP contribution in [-0.2, 0) is 0 Å². The maximum atomic E-state index is 6.15. The number of benzene rings is 3. The third-order valence-electron chi connectivity index (χ3n) is 7.79. The summed E-state index contributed by atoms with van der Waals surface area (Å²) in [6.45, 7) is 6.62. The van der Waals surface area contributed by atoms with E-state index in [0.717, 1.165) is 70.9 Å². The van der Waals surface area contributed by atoms with Crippen molar-refractivity contribution < 1.29 is 4.42 Å². The van der Waals surface area contributed by atoms with Crippen molar-refractivity contribution in [1.82, 2.24) is 25.6 Å². The summed E-state index contributed by atoms with van der Waals surface area (Å²) in [7, 11) is 0. The summed E-state index contributed by atoms with van der Waals surface area (Å²) in [5.41, 5.74) is 8.55. The highest BCUT2D eigenvalue weighted by Gasteiger charge is 2.26. The summed E-state index contributed by atoms with van der Waals surface area (Å²) in [6.07, 6.45) is 2.20. The van der Waals surface area contributed by atoms with E-state index < -0.39 is 0 Å². The number of hydrogen-bond donors (Lipinski definition) is 3. The van der Waals surface area contributed by atoms with Crippen LogP contribution in [-0.4, -0.2) is 28.0 Å². The molecule has 2 aliphatic heterocycles. The molecule has 0 aliphatic carbocycles. The van der Waals surface area contributed by atoms with Crippen LogP contribution >= 0.6 is 0 Å². The number of nitrogens with one attached hydrogen (secondary N) is 3. The molecule has 7 rings (SSSR count). The summed E-state index contributed by atoms with van der Waals surface area (Å²) in [5, 5.41) is 7.09. The summed E-state index contributed by atoms with van der Waals surface area (Å²) < 4.78 is 6.15. The summed E-state index contributed by atoms with van der Waals surface area (Å²) >= 11 is 0. The molecule has 4 heterocycles. The lowest BCUT2D eigenvalue weighted by Crippen LogP contribution is -2.14.